The topological polar surface area (TPSA) is 72.0 Å². The lowest BCUT2D eigenvalue weighted by atomic mass is 10.2. The Bertz CT molecular complexity index is 778. The summed E-state index contributed by atoms with van der Waals surface area (Å²) in [7, 11) is -3.60. The molecule has 1 heterocycles. The molecule has 22 heavy (non-hydrogen) atoms. The molecular formula is C12H11Cl2N3O2S3. The van der Waals surface area contributed by atoms with Crippen LogP contribution in [0.4, 0.5) is 5.13 Å². The highest BCUT2D eigenvalue weighted by Crippen LogP contribution is 2.27. The number of rotatable bonds is 7. The highest BCUT2D eigenvalue weighted by Gasteiger charge is 2.15. The van der Waals surface area contributed by atoms with Crippen LogP contribution >= 0.6 is 46.3 Å². The Morgan fingerprint density at radius 2 is 2.09 bits per heavy atom. The third-order valence-corrected chi connectivity index (χ3v) is 6.37. The Labute approximate surface area is 146 Å². The van der Waals surface area contributed by atoms with E-state index in [-0.39, 0.29) is 10.9 Å². The van der Waals surface area contributed by atoms with Crippen LogP contribution in [0.5, 0.6) is 0 Å². The van der Waals surface area contributed by atoms with Crippen LogP contribution in [0.2, 0.25) is 10.0 Å². The van der Waals surface area contributed by atoms with Crippen LogP contribution in [-0.4, -0.2) is 24.4 Å². The molecule has 118 valence electrons. The van der Waals surface area contributed by atoms with E-state index < -0.39 is 10.0 Å². The van der Waals surface area contributed by atoms with E-state index in [2.05, 4.69) is 21.5 Å². The number of hydrogen-bond acceptors (Lipinski definition) is 6. The minimum Gasteiger partial charge on any atom is -0.257 e. The van der Waals surface area contributed by atoms with E-state index in [0.29, 0.717) is 25.7 Å². The number of thioether (sulfide) groups is 1. The molecule has 10 heteroatoms. The van der Waals surface area contributed by atoms with Crippen molar-refractivity contribution in [3.8, 4) is 0 Å². The number of anilines is 1. The summed E-state index contributed by atoms with van der Waals surface area (Å²) in [5, 5.41) is 8.61. The average Bonchev–Trinajstić information content (AvgIpc) is 2.87. The minimum atomic E-state index is -3.60. The van der Waals surface area contributed by atoms with Crippen molar-refractivity contribution >= 4 is 61.5 Å². The average molecular weight is 396 g/mol. The lowest BCUT2D eigenvalue weighted by molar-refractivity contribution is 0.600. The van der Waals surface area contributed by atoms with Crippen LogP contribution in [0.15, 0.2) is 35.2 Å². The zero-order valence-electron chi connectivity index (χ0n) is 11.1. The molecule has 0 atom stereocenters. The van der Waals surface area contributed by atoms with E-state index in [1.165, 1.54) is 29.2 Å². The predicted molar refractivity (Wildman–Crippen MR) is 93.5 cm³/mol. The third kappa shape index (κ3) is 5.13. The van der Waals surface area contributed by atoms with Crippen LogP contribution < -0.4 is 4.72 Å². The molecule has 1 aromatic carbocycles. The summed E-state index contributed by atoms with van der Waals surface area (Å²) in [5.74, 6) is 0.462. The number of nitrogens with one attached hydrogen (secondary N) is 1. The Morgan fingerprint density at radius 1 is 1.32 bits per heavy atom. The van der Waals surface area contributed by atoms with Crippen molar-refractivity contribution in [2.24, 2.45) is 0 Å². The normalized spacial score (nSPS) is 11.4. The first-order valence-electron chi connectivity index (χ1n) is 5.91. The first kappa shape index (κ1) is 17.6. The molecule has 0 spiro atoms. The zero-order chi connectivity index (χ0) is 16.2. The van der Waals surface area contributed by atoms with Crippen LogP contribution in [0, 0.1) is 0 Å². The SMILES string of the molecule is C=CCSc1nnc(NS(=O)(=O)Cc2ccc(Cl)c(Cl)c2)s1. The van der Waals surface area contributed by atoms with Gasteiger partial charge in [0.1, 0.15) is 0 Å². The van der Waals surface area contributed by atoms with Gasteiger partial charge in [0, 0.05) is 5.75 Å². The van der Waals surface area contributed by atoms with Crippen molar-refractivity contribution in [3.05, 3.63) is 46.5 Å². The maximum absolute atomic E-state index is 12.1. The molecule has 2 aromatic rings. The van der Waals surface area contributed by atoms with Crippen molar-refractivity contribution in [2.75, 3.05) is 10.5 Å². The first-order valence-corrected chi connectivity index (χ1v) is 10.1. The number of sulfonamides is 1. The summed E-state index contributed by atoms with van der Waals surface area (Å²) in [5.41, 5.74) is 0.535. The fraction of sp³-hybridized carbons (Fsp3) is 0.167. The summed E-state index contributed by atoms with van der Waals surface area (Å²) in [6.45, 7) is 3.61. The van der Waals surface area contributed by atoms with Gasteiger partial charge in [-0.25, -0.2) is 8.42 Å². The Morgan fingerprint density at radius 3 is 2.77 bits per heavy atom. The van der Waals surface area contributed by atoms with Crippen molar-refractivity contribution in [1.29, 1.82) is 0 Å². The van der Waals surface area contributed by atoms with Crippen LogP contribution in [0.1, 0.15) is 5.56 Å². The number of hydrogen-bond donors (Lipinski definition) is 1. The second kappa shape index (κ2) is 7.65. The Kier molecular flexibility index (Phi) is 6.10. The van der Waals surface area contributed by atoms with Crippen LogP contribution in [-0.2, 0) is 15.8 Å². The predicted octanol–water partition coefficient (Wildman–Crippen LogP) is 4.06. The van der Waals surface area contributed by atoms with Gasteiger partial charge in [-0.2, -0.15) is 0 Å². The van der Waals surface area contributed by atoms with Crippen molar-refractivity contribution < 1.29 is 8.42 Å². The third-order valence-electron chi connectivity index (χ3n) is 2.31. The van der Waals surface area contributed by atoms with Gasteiger partial charge in [-0.3, -0.25) is 4.72 Å². The highest BCUT2D eigenvalue weighted by atomic mass is 35.5. The van der Waals surface area contributed by atoms with Gasteiger partial charge in [0.15, 0.2) is 4.34 Å². The maximum Gasteiger partial charge on any atom is 0.238 e. The van der Waals surface area contributed by atoms with Gasteiger partial charge in [0.05, 0.1) is 15.8 Å². The zero-order valence-corrected chi connectivity index (χ0v) is 15.1. The molecule has 0 aliphatic heterocycles. The van der Waals surface area contributed by atoms with E-state index in [4.69, 9.17) is 23.2 Å². The van der Waals surface area contributed by atoms with Crippen molar-refractivity contribution in [1.82, 2.24) is 10.2 Å². The van der Waals surface area contributed by atoms with E-state index in [9.17, 15) is 8.42 Å². The van der Waals surface area contributed by atoms with Gasteiger partial charge in [0.2, 0.25) is 15.2 Å². The summed E-state index contributed by atoms with van der Waals surface area (Å²) < 4.78 is 27.3. The van der Waals surface area contributed by atoms with Crippen molar-refractivity contribution in [3.63, 3.8) is 0 Å². The molecule has 1 N–H and O–H groups in total. The summed E-state index contributed by atoms with van der Waals surface area (Å²) in [6, 6.07) is 4.69. The standard InChI is InChI=1S/C12H11Cl2N3O2S3/c1-2-5-20-12-16-15-11(21-12)17-22(18,19)7-8-3-4-9(13)10(14)6-8/h2-4,6H,1,5,7H2,(H,15,17). The molecule has 0 fully saturated rings. The number of nitrogens with zero attached hydrogens (tertiary/aromatic N) is 2. The molecule has 5 nitrogen and oxygen atoms in total. The smallest absolute Gasteiger partial charge is 0.238 e. The Hall–Kier alpha value is -0.800. The van der Waals surface area contributed by atoms with Gasteiger partial charge in [0.25, 0.3) is 0 Å². The lowest BCUT2D eigenvalue weighted by Crippen LogP contribution is -2.14. The lowest BCUT2D eigenvalue weighted by Gasteiger charge is -2.05. The summed E-state index contributed by atoms with van der Waals surface area (Å²) in [4.78, 5) is 0. The molecule has 2 rings (SSSR count). The largest absolute Gasteiger partial charge is 0.257 e. The summed E-state index contributed by atoms with van der Waals surface area (Å²) in [6.07, 6.45) is 1.74. The van der Waals surface area contributed by atoms with Gasteiger partial charge in [-0.15, -0.1) is 16.8 Å². The van der Waals surface area contributed by atoms with Crippen molar-refractivity contribution in [2.45, 2.75) is 10.1 Å². The van der Waals surface area contributed by atoms with E-state index in [1.54, 1.807) is 18.2 Å². The molecule has 0 saturated heterocycles. The number of aromatic nitrogens is 2. The highest BCUT2D eigenvalue weighted by molar-refractivity contribution is 8.01. The van der Waals surface area contributed by atoms with Gasteiger partial charge < -0.3 is 0 Å². The maximum atomic E-state index is 12.1. The second-order valence-electron chi connectivity index (χ2n) is 4.08. The van der Waals surface area contributed by atoms with E-state index >= 15 is 0 Å². The van der Waals surface area contributed by atoms with Crippen LogP contribution in [0.25, 0.3) is 0 Å². The quantitative estimate of drug-likeness (QED) is 0.564. The van der Waals surface area contributed by atoms with E-state index in [1.807, 2.05) is 0 Å². The minimum absolute atomic E-state index is 0.224. The number of halogens is 2. The van der Waals surface area contributed by atoms with Crippen LogP contribution in [0.3, 0.4) is 0 Å². The monoisotopic (exact) mass is 395 g/mol. The second-order valence-corrected chi connectivity index (χ2v) is 8.86. The molecule has 0 aliphatic carbocycles. The molecule has 0 aliphatic rings. The molecule has 0 amide bonds. The molecule has 0 saturated carbocycles. The number of benzene rings is 1. The molecule has 0 bridgehead atoms. The van der Waals surface area contributed by atoms with Gasteiger partial charge in [-0.1, -0.05) is 58.4 Å². The molecule has 0 radical (unpaired) electrons. The van der Waals surface area contributed by atoms with E-state index in [0.717, 1.165) is 0 Å². The van der Waals surface area contributed by atoms with Gasteiger partial charge in [-0.05, 0) is 17.7 Å². The summed E-state index contributed by atoms with van der Waals surface area (Å²) >= 11 is 14.3. The van der Waals surface area contributed by atoms with Gasteiger partial charge >= 0.3 is 0 Å². The fourth-order valence-electron chi connectivity index (χ4n) is 1.46. The molecular weight excluding hydrogens is 385 g/mol. The molecule has 0 unspecified atom stereocenters. The fourth-order valence-corrected chi connectivity index (χ4v) is 4.69. The first-order chi connectivity index (χ1) is 10.4. The Balaban J connectivity index is 2.05. The molecule has 1 aromatic heterocycles.